The predicted octanol–water partition coefficient (Wildman–Crippen LogP) is 2.08. The van der Waals surface area contributed by atoms with Crippen molar-refractivity contribution in [3.8, 4) is 0 Å². The minimum absolute atomic E-state index is 0.0850. The Kier molecular flexibility index (Phi) is 3.44. The van der Waals surface area contributed by atoms with Crippen molar-refractivity contribution in [2.45, 2.75) is 39.3 Å². The Morgan fingerprint density at radius 2 is 2.30 bits per heavy atom. The highest BCUT2D eigenvalue weighted by molar-refractivity contribution is 5.25. The molecule has 0 spiro atoms. The topological polar surface area (TPSA) is 57.3 Å². The molecular formula is C15H18N2O3. The highest BCUT2D eigenvalue weighted by Crippen LogP contribution is 2.21. The van der Waals surface area contributed by atoms with Gasteiger partial charge in [-0.15, -0.1) is 0 Å². The quantitative estimate of drug-likeness (QED) is 0.860. The Hall–Kier alpha value is -1.88. The number of ether oxygens (including phenoxy) is 1. The summed E-state index contributed by atoms with van der Waals surface area (Å²) in [5.41, 5.74) is 2.85. The highest BCUT2D eigenvalue weighted by atomic mass is 16.5. The third-order valence-corrected chi connectivity index (χ3v) is 3.63. The van der Waals surface area contributed by atoms with Gasteiger partial charge in [0.2, 0.25) is 0 Å². The number of hydrogen-bond acceptors (Lipinski definition) is 4. The zero-order valence-electron chi connectivity index (χ0n) is 11.8. The van der Waals surface area contributed by atoms with Crippen molar-refractivity contribution in [3.63, 3.8) is 0 Å². The van der Waals surface area contributed by atoms with Crippen LogP contribution in [-0.4, -0.2) is 16.3 Å². The van der Waals surface area contributed by atoms with Crippen molar-refractivity contribution in [3.05, 3.63) is 51.3 Å². The minimum Gasteiger partial charge on any atom is -0.376 e. The average molecular weight is 274 g/mol. The lowest BCUT2D eigenvalue weighted by atomic mass is 10.1. The first kappa shape index (κ1) is 13.1. The van der Waals surface area contributed by atoms with Crippen molar-refractivity contribution in [1.82, 2.24) is 9.72 Å². The molecule has 0 atom stereocenters. The molecule has 5 nitrogen and oxygen atoms in total. The first-order valence-electron chi connectivity index (χ1n) is 6.89. The van der Waals surface area contributed by atoms with E-state index in [2.05, 4.69) is 5.16 Å². The van der Waals surface area contributed by atoms with E-state index < -0.39 is 0 Å². The van der Waals surface area contributed by atoms with Crippen LogP contribution in [0.15, 0.2) is 27.8 Å². The lowest BCUT2D eigenvalue weighted by molar-refractivity contribution is 0.102. The molecular weight excluding hydrogens is 256 g/mol. The maximum Gasteiger partial charge on any atom is 0.184 e. The second-order valence-electron chi connectivity index (χ2n) is 5.43. The fourth-order valence-corrected chi connectivity index (χ4v) is 2.45. The van der Waals surface area contributed by atoms with Crippen molar-refractivity contribution >= 4 is 0 Å². The Labute approximate surface area is 117 Å². The first-order valence-corrected chi connectivity index (χ1v) is 6.89. The summed E-state index contributed by atoms with van der Waals surface area (Å²) in [4.78, 5) is 11.8. The molecule has 20 heavy (non-hydrogen) atoms. The molecule has 0 aliphatic carbocycles. The van der Waals surface area contributed by atoms with Crippen LogP contribution < -0.4 is 5.43 Å². The number of aromatic nitrogens is 2. The summed E-state index contributed by atoms with van der Waals surface area (Å²) in [6, 6.07) is 1.61. The molecule has 3 heterocycles. The molecule has 5 heteroatoms. The van der Waals surface area contributed by atoms with E-state index in [9.17, 15) is 4.79 Å². The van der Waals surface area contributed by atoms with Crippen LogP contribution in [0.4, 0.5) is 0 Å². The van der Waals surface area contributed by atoms with Crippen LogP contribution >= 0.6 is 0 Å². The van der Waals surface area contributed by atoms with Crippen LogP contribution in [-0.2, 0) is 24.3 Å². The van der Waals surface area contributed by atoms with Crippen molar-refractivity contribution < 1.29 is 9.26 Å². The van der Waals surface area contributed by atoms with Gasteiger partial charge in [-0.3, -0.25) is 4.79 Å². The van der Waals surface area contributed by atoms with E-state index in [1.165, 1.54) is 0 Å². The van der Waals surface area contributed by atoms with E-state index in [1.807, 2.05) is 24.6 Å². The SMILES string of the molecule is CC(C)c1cn(Cc2noc3c2COCC3)ccc1=O. The third kappa shape index (κ3) is 2.41. The molecule has 0 N–H and O–H groups in total. The van der Waals surface area contributed by atoms with E-state index in [0.29, 0.717) is 19.8 Å². The molecule has 1 aliphatic heterocycles. The Balaban J connectivity index is 1.90. The van der Waals surface area contributed by atoms with Crippen molar-refractivity contribution in [2.24, 2.45) is 0 Å². The molecule has 0 amide bonds. The van der Waals surface area contributed by atoms with Gasteiger partial charge in [0.15, 0.2) is 5.43 Å². The fourth-order valence-electron chi connectivity index (χ4n) is 2.45. The molecule has 106 valence electrons. The molecule has 2 aromatic rings. The number of pyridine rings is 1. The van der Waals surface area contributed by atoms with Gasteiger partial charge in [-0.1, -0.05) is 19.0 Å². The second kappa shape index (κ2) is 5.25. The summed E-state index contributed by atoms with van der Waals surface area (Å²) >= 11 is 0. The maximum atomic E-state index is 11.8. The molecule has 0 unspecified atom stereocenters. The van der Waals surface area contributed by atoms with Crippen LogP contribution in [0.2, 0.25) is 0 Å². The normalized spacial score (nSPS) is 14.6. The minimum atomic E-state index is 0.0850. The van der Waals surface area contributed by atoms with Gasteiger partial charge in [0.1, 0.15) is 11.5 Å². The van der Waals surface area contributed by atoms with Gasteiger partial charge in [0.05, 0.1) is 19.8 Å². The largest absolute Gasteiger partial charge is 0.376 e. The van der Waals surface area contributed by atoms with Gasteiger partial charge < -0.3 is 13.8 Å². The molecule has 1 aliphatic rings. The molecule has 0 saturated carbocycles. The van der Waals surface area contributed by atoms with E-state index in [-0.39, 0.29) is 11.3 Å². The summed E-state index contributed by atoms with van der Waals surface area (Å²) in [6.45, 7) is 5.89. The van der Waals surface area contributed by atoms with Gasteiger partial charge in [-0.05, 0) is 5.92 Å². The van der Waals surface area contributed by atoms with Gasteiger partial charge in [0, 0.05) is 36.0 Å². The van der Waals surface area contributed by atoms with Crippen molar-refractivity contribution in [2.75, 3.05) is 6.61 Å². The van der Waals surface area contributed by atoms with Crippen molar-refractivity contribution in [1.29, 1.82) is 0 Å². The first-order chi connectivity index (χ1) is 9.65. The predicted molar refractivity (Wildman–Crippen MR) is 73.8 cm³/mol. The Bertz CT molecular complexity index is 670. The second-order valence-corrected chi connectivity index (χ2v) is 5.43. The molecule has 0 saturated heterocycles. The number of hydrogen-bond donors (Lipinski definition) is 0. The zero-order chi connectivity index (χ0) is 14.1. The smallest absolute Gasteiger partial charge is 0.184 e. The summed E-state index contributed by atoms with van der Waals surface area (Å²) in [6.07, 6.45) is 4.47. The lowest BCUT2D eigenvalue weighted by Gasteiger charge is -2.12. The zero-order valence-corrected chi connectivity index (χ0v) is 11.8. The van der Waals surface area contributed by atoms with Crippen LogP contribution in [0, 0.1) is 0 Å². The standard InChI is InChI=1S/C15H18N2O3/c1-10(2)11-7-17(5-3-14(11)18)8-13-12-9-19-6-4-15(12)20-16-13/h3,5,7,10H,4,6,8-9H2,1-2H3. The third-order valence-electron chi connectivity index (χ3n) is 3.63. The van der Waals surface area contributed by atoms with Gasteiger partial charge >= 0.3 is 0 Å². The van der Waals surface area contributed by atoms with Crippen LogP contribution in [0.3, 0.4) is 0 Å². The monoisotopic (exact) mass is 274 g/mol. The van der Waals surface area contributed by atoms with Crippen LogP contribution in [0.25, 0.3) is 0 Å². The Morgan fingerprint density at radius 1 is 1.45 bits per heavy atom. The molecule has 0 bridgehead atoms. The number of fused-ring (bicyclic) bond motifs is 1. The highest BCUT2D eigenvalue weighted by Gasteiger charge is 2.20. The summed E-state index contributed by atoms with van der Waals surface area (Å²) < 4.78 is 12.8. The lowest BCUT2D eigenvalue weighted by Crippen LogP contribution is -2.15. The fraction of sp³-hybridized carbons (Fsp3) is 0.467. The molecule has 0 aromatic carbocycles. The molecule has 2 aromatic heterocycles. The maximum absolute atomic E-state index is 11.8. The number of rotatable bonds is 3. The summed E-state index contributed by atoms with van der Waals surface area (Å²) in [5.74, 6) is 1.14. The van der Waals surface area contributed by atoms with Crippen LogP contribution in [0.5, 0.6) is 0 Å². The van der Waals surface area contributed by atoms with E-state index in [4.69, 9.17) is 9.26 Å². The molecule has 3 rings (SSSR count). The van der Waals surface area contributed by atoms with Gasteiger partial charge in [-0.25, -0.2) is 0 Å². The van der Waals surface area contributed by atoms with Gasteiger partial charge in [-0.2, -0.15) is 0 Å². The summed E-state index contributed by atoms with van der Waals surface area (Å²) in [7, 11) is 0. The van der Waals surface area contributed by atoms with Gasteiger partial charge in [0.25, 0.3) is 0 Å². The molecule has 0 fully saturated rings. The number of nitrogens with zero attached hydrogens (tertiary/aromatic N) is 2. The average Bonchev–Trinajstić information content (AvgIpc) is 2.84. The van der Waals surface area contributed by atoms with Crippen LogP contribution in [0.1, 0.15) is 42.3 Å². The molecule has 0 radical (unpaired) electrons. The van der Waals surface area contributed by atoms with E-state index in [1.54, 1.807) is 12.3 Å². The Morgan fingerprint density at radius 3 is 3.10 bits per heavy atom. The van der Waals surface area contributed by atoms with E-state index >= 15 is 0 Å². The summed E-state index contributed by atoms with van der Waals surface area (Å²) in [5, 5.41) is 4.14. The van der Waals surface area contributed by atoms with E-state index in [0.717, 1.165) is 29.0 Å².